The normalized spacial score (nSPS) is 28.5. The van der Waals surface area contributed by atoms with E-state index in [1.54, 1.807) is 0 Å². The van der Waals surface area contributed by atoms with Crippen LogP contribution in [0.2, 0.25) is 0 Å². The van der Waals surface area contributed by atoms with Crippen LogP contribution in [0.15, 0.2) is 48.1 Å². The predicted molar refractivity (Wildman–Crippen MR) is 111 cm³/mol. The maximum absolute atomic E-state index is 10.5. The van der Waals surface area contributed by atoms with Gasteiger partial charge in [0.2, 0.25) is 0 Å². The second-order valence-corrected chi connectivity index (χ2v) is 8.33. The van der Waals surface area contributed by atoms with Gasteiger partial charge in [0.15, 0.2) is 0 Å². The minimum absolute atomic E-state index is 0.161. The van der Waals surface area contributed by atoms with Crippen LogP contribution in [0.1, 0.15) is 56.6 Å². The van der Waals surface area contributed by atoms with Gasteiger partial charge in [-0.2, -0.15) is 0 Å². The van der Waals surface area contributed by atoms with E-state index in [1.807, 2.05) is 12.1 Å². The molecule has 4 N–H and O–H groups in total. The van der Waals surface area contributed by atoms with Gasteiger partial charge in [-0.15, -0.1) is 0 Å². The minimum Gasteiger partial charge on any atom is -0.392 e. The van der Waals surface area contributed by atoms with E-state index in [2.05, 4.69) is 37.3 Å². The molecule has 0 saturated heterocycles. The standard InChI is InChI=1S/C24H35NO2/c1-2-3-4-9-21(26)10-11-22-23-14-17(13-20(23)15-24(22)27)12-18-7-5-6-8-19(18)16-25/h5-8,10-11,13,20-24,26-27H,2-4,9,12,14-16,25H2,1H3/b11-10+/t20-,21-,22+,23-,24+/m0/s1. The first kappa shape index (κ1) is 20.3. The van der Waals surface area contributed by atoms with Gasteiger partial charge in [0.05, 0.1) is 12.2 Å². The molecule has 1 saturated carbocycles. The maximum atomic E-state index is 10.5. The third-order valence-corrected chi connectivity index (χ3v) is 6.36. The highest BCUT2D eigenvalue weighted by atomic mass is 16.3. The topological polar surface area (TPSA) is 66.5 Å². The summed E-state index contributed by atoms with van der Waals surface area (Å²) in [6, 6.07) is 8.42. The molecule has 0 bridgehead atoms. The molecule has 3 heteroatoms. The number of aliphatic hydroxyl groups is 2. The van der Waals surface area contributed by atoms with Crippen LogP contribution in [0.25, 0.3) is 0 Å². The smallest absolute Gasteiger partial charge is 0.0721 e. The zero-order valence-corrected chi connectivity index (χ0v) is 16.6. The lowest BCUT2D eigenvalue weighted by Gasteiger charge is -2.19. The summed E-state index contributed by atoms with van der Waals surface area (Å²) >= 11 is 0. The Balaban J connectivity index is 1.59. The minimum atomic E-state index is -0.381. The van der Waals surface area contributed by atoms with Crippen molar-refractivity contribution in [2.24, 2.45) is 23.5 Å². The quantitative estimate of drug-likeness (QED) is 0.453. The van der Waals surface area contributed by atoms with Crippen molar-refractivity contribution in [2.45, 2.75) is 70.6 Å². The maximum Gasteiger partial charge on any atom is 0.0721 e. The van der Waals surface area contributed by atoms with Gasteiger partial charge in [-0.05, 0) is 48.6 Å². The first-order valence-electron chi connectivity index (χ1n) is 10.6. The van der Waals surface area contributed by atoms with Gasteiger partial charge in [-0.1, -0.05) is 74.3 Å². The van der Waals surface area contributed by atoms with Crippen molar-refractivity contribution in [3.63, 3.8) is 0 Å². The molecular formula is C24H35NO2. The summed E-state index contributed by atoms with van der Waals surface area (Å²) in [5.74, 6) is 1.10. The molecule has 0 aliphatic heterocycles. The number of aliphatic hydroxyl groups excluding tert-OH is 2. The van der Waals surface area contributed by atoms with E-state index in [1.165, 1.54) is 29.5 Å². The molecule has 3 nitrogen and oxygen atoms in total. The number of rotatable bonds is 9. The summed E-state index contributed by atoms with van der Waals surface area (Å²) in [4.78, 5) is 0. The molecule has 0 aromatic heterocycles. The Labute approximate surface area is 164 Å². The van der Waals surface area contributed by atoms with Gasteiger partial charge in [-0.3, -0.25) is 0 Å². The fourth-order valence-corrected chi connectivity index (χ4v) is 4.87. The molecule has 2 aliphatic carbocycles. The molecule has 27 heavy (non-hydrogen) atoms. The number of allylic oxidation sites excluding steroid dienone is 2. The fraction of sp³-hybridized carbons (Fsp3) is 0.583. The molecule has 0 heterocycles. The van der Waals surface area contributed by atoms with Crippen molar-refractivity contribution >= 4 is 0 Å². The molecule has 0 spiro atoms. The van der Waals surface area contributed by atoms with E-state index < -0.39 is 0 Å². The Morgan fingerprint density at radius 2 is 2.00 bits per heavy atom. The lowest BCUT2D eigenvalue weighted by molar-refractivity contribution is 0.139. The number of unbranched alkanes of at least 4 members (excludes halogenated alkanes) is 2. The van der Waals surface area contributed by atoms with Crippen LogP contribution in [0.4, 0.5) is 0 Å². The van der Waals surface area contributed by atoms with Crippen molar-refractivity contribution in [3.8, 4) is 0 Å². The van der Waals surface area contributed by atoms with E-state index in [-0.39, 0.29) is 18.1 Å². The van der Waals surface area contributed by atoms with E-state index in [9.17, 15) is 10.2 Å². The van der Waals surface area contributed by atoms with Gasteiger partial charge in [-0.25, -0.2) is 0 Å². The van der Waals surface area contributed by atoms with Crippen LogP contribution in [0, 0.1) is 17.8 Å². The number of fused-ring (bicyclic) bond motifs is 1. The highest BCUT2D eigenvalue weighted by Gasteiger charge is 2.43. The Bertz CT molecular complexity index is 666. The van der Waals surface area contributed by atoms with Crippen molar-refractivity contribution in [3.05, 3.63) is 59.2 Å². The monoisotopic (exact) mass is 369 g/mol. The number of nitrogens with two attached hydrogens (primary N) is 1. The highest BCUT2D eigenvalue weighted by Crippen LogP contribution is 2.48. The van der Waals surface area contributed by atoms with Gasteiger partial charge in [0, 0.05) is 12.5 Å². The van der Waals surface area contributed by atoms with Crippen LogP contribution in [-0.2, 0) is 13.0 Å². The van der Waals surface area contributed by atoms with Crippen LogP contribution < -0.4 is 5.73 Å². The summed E-state index contributed by atoms with van der Waals surface area (Å²) in [6.45, 7) is 2.75. The predicted octanol–water partition coefficient (Wildman–Crippen LogP) is 4.13. The van der Waals surface area contributed by atoms with E-state index in [4.69, 9.17) is 5.73 Å². The third-order valence-electron chi connectivity index (χ3n) is 6.36. The second-order valence-electron chi connectivity index (χ2n) is 8.33. The number of benzene rings is 1. The molecule has 0 amide bonds. The van der Waals surface area contributed by atoms with Crippen molar-refractivity contribution in [2.75, 3.05) is 0 Å². The Kier molecular flexibility index (Phi) is 7.28. The summed E-state index contributed by atoms with van der Waals surface area (Å²) in [5.41, 5.74) is 9.90. The molecule has 148 valence electrons. The lowest BCUT2D eigenvalue weighted by atomic mass is 9.88. The van der Waals surface area contributed by atoms with Gasteiger partial charge in [0.1, 0.15) is 0 Å². The largest absolute Gasteiger partial charge is 0.392 e. The molecule has 2 aliphatic rings. The first-order valence-corrected chi connectivity index (χ1v) is 10.6. The average Bonchev–Trinajstić information content (AvgIpc) is 3.17. The van der Waals surface area contributed by atoms with Crippen LogP contribution in [-0.4, -0.2) is 22.4 Å². The SMILES string of the molecule is CCCCC[C@H](O)/C=C/[C@@H]1[C@H]2CC(Cc3ccccc3CN)=C[C@H]2C[C@H]1O. The second kappa shape index (κ2) is 9.68. The number of hydrogen-bond acceptors (Lipinski definition) is 3. The van der Waals surface area contributed by atoms with Gasteiger partial charge in [0.25, 0.3) is 0 Å². The van der Waals surface area contributed by atoms with Crippen molar-refractivity contribution < 1.29 is 10.2 Å². The van der Waals surface area contributed by atoms with E-state index in [0.29, 0.717) is 18.4 Å². The average molecular weight is 370 g/mol. The van der Waals surface area contributed by atoms with Crippen molar-refractivity contribution in [1.29, 1.82) is 0 Å². The number of hydrogen-bond donors (Lipinski definition) is 3. The third kappa shape index (κ3) is 5.10. The molecular weight excluding hydrogens is 334 g/mol. The zero-order valence-electron chi connectivity index (χ0n) is 16.6. The Hall–Kier alpha value is -1.42. The molecule has 1 fully saturated rings. The molecule has 0 unspecified atom stereocenters. The Morgan fingerprint density at radius 1 is 1.22 bits per heavy atom. The summed E-state index contributed by atoms with van der Waals surface area (Å²) < 4.78 is 0. The van der Waals surface area contributed by atoms with Crippen molar-refractivity contribution in [1.82, 2.24) is 0 Å². The van der Waals surface area contributed by atoms with E-state index in [0.717, 1.165) is 32.1 Å². The van der Waals surface area contributed by atoms with Gasteiger partial charge < -0.3 is 15.9 Å². The molecule has 1 aromatic carbocycles. The Morgan fingerprint density at radius 3 is 2.74 bits per heavy atom. The summed E-state index contributed by atoms with van der Waals surface area (Å²) in [7, 11) is 0. The molecule has 5 atom stereocenters. The molecule has 0 radical (unpaired) electrons. The van der Waals surface area contributed by atoms with Crippen LogP contribution in [0.3, 0.4) is 0 Å². The first-order chi connectivity index (χ1) is 13.1. The zero-order chi connectivity index (χ0) is 19.2. The molecule has 3 rings (SSSR count). The summed E-state index contributed by atoms with van der Waals surface area (Å²) in [6.07, 6.45) is 12.8. The summed E-state index contributed by atoms with van der Waals surface area (Å²) in [5, 5.41) is 20.7. The van der Waals surface area contributed by atoms with Gasteiger partial charge >= 0.3 is 0 Å². The van der Waals surface area contributed by atoms with Crippen LogP contribution >= 0.6 is 0 Å². The highest BCUT2D eigenvalue weighted by molar-refractivity contribution is 5.33. The van der Waals surface area contributed by atoms with E-state index >= 15 is 0 Å². The lowest BCUT2D eigenvalue weighted by Crippen LogP contribution is -2.18. The fourth-order valence-electron chi connectivity index (χ4n) is 4.87. The van der Waals surface area contributed by atoms with Crippen LogP contribution in [0.5, 0.6) is 0 Å². The molecule has 1 aromatic rings.